The number of aromatic hydroxyl groups is 1. The first-order chi connectivity index (χ1) is 10.6. The summed E-state index contributed by atoms with van der Waals surface area (Å²) in [5.41, 5.74) is 3.06. The van der Waals surface area contributed by atoms with E-state index in [2.05, 4.69) is 18.1 Å². The summed E-state index contributed by atoms with van der Waals surface area (Å²) in [5, 5.41) is 10.2. The Balaban J connectivity index is 2.09. The van der Waals surface area contributed by atoms with Gasteiger partial charge in [-0.15, -0.1) is 0 Å². The quantitative estimate of drug-likeness (QED) is 0.810. The molecule has 2 atom stereocenters. The monoisotopic (exact) mass is 299 g/mol. The second kappa shape index (κ2) is 7.20. The van der Waals surface area contributed by atoms with Gasteiger partial charge in [0.15, 0.2) is 6.29 Å². The molecule has 1 aromatic rings. The van der Waals surface area contributed by atoms with Crippen molar-refractivity contribution in [3.05, 3.63) is 72.1 Å². The van der Waals surface area contributed by atoms with Crippen LogP contribution in [0.3, 0.4) is 0 Å². The molecular weight excluding hydrogens is 278 g/mol. The van der Waals surface area contributed by atoms with Crippen LogP contribution in [-0.2, 0) is 16.1 Å². The maximum Gasteiger partial charge on any atom is 0.188 e. The first kappa shape index (κ1) is 16.2. The lowest BCUT2D eigenvalue weighted by molar-refractivity contribution is -0.153. The fraction of sp³-hybridized carbons (Fsp3) is 0.278. The van der Waals surface area contributed by atoms with E-state index in [0.717, 1.165) is 11.1 Å². The number of ether oxygens (including phenoxy) is 2. The number of aryl methyl sites for hydroxylation is 1. The molecule has 0 saturated carbocycles. The van der Waals surface area contributed by atoms with Crippen LogP contribution in [0.2, 0.25) is 0 Å². The molecular formula is C18H21NO3. The van der Waals surface area contributed by atoms with Gasteiger partial charge >= 0.3 is 0 Å². The van der Waals surface area contributed by atoms with Gasteiger partial charge in [-0.1, -0.05) is 43.5 Å². The van der Waals surface area contributed by atoms with Gasteiger partial charge in [0.2, 0.25) is 0 Å². The molecule has 4 nitrogen and oxygen atoms in total. The predicted octanol–water partition coefficient (Wildman–Crippen LogP) is 3.88. The third kappa shape index (κ3) is 3.53. The molecule has 2 rings (SSSR count). The number of allylic oxidation sites excluding steroid dienone is 5. The molecule has 0 aromatic carbocycles. The number of pyridine rings is 1. The second-order valence-electron chi connectivity index (χ2n) is 5.08. The zero-order valence-corrected chi connectivity index (χ0v) is 13.0. The Morgan fingerprint density at radius 1 is 1.55 bits per heavy atom. The van der Waals surface area contributed by atoms with Crippen molar-refractivity contribution in [3.8, 4) is 5.75 Å². The van der Waals surface area contributed by atoms with E-state index in [1.54, 1.807) is 25.3 Å². The SMILES string of the molecule is C=C/C=C(C=C)/C=C/C(C)OC1OCc2cnc(C)c(O)c21. The molecule has 4 heteroatoms. The van der Waals surface area contributed by atoms with Crippen LogP contribution in [0.1, 0.15) is 30.0 Å². The van der Waals surface area contributed by atoms with Gasteiger partial charge in [-0.25, -0.2) is 0 Å². The summed E-state index contributed by atoms with van der Waals surface area (Å²) in [6.45, 7) is 11.5. The summed E-state index contributed by atoms with van der Waals surface area (Å²) >= 11 is 0. The zero-order valence-electron chi connectivity index (χ0n) is 13.0. The highest BCUT2D eigenvalue weighted by Crippen LogP contribution is 2.39. The Kier molecular flexibility index (Phi) is 5.31. The molecule has 0 spiro atoms. The van der Waals surface area contributed by atoms with Gasteiger partial charge in [0.25, 0.3) is 0 Å². The minimum atomic E-state index is -0.577. The molecule has 22 heavy (non-hydrogen) atoms. The highest BCUT2D eigenvalue weighted by Gasteiger charge is 2.29. The average Bonchev–Trinajstić information content (AvgIpc) is 2.91. The normalized spacial score (nSPS) is 19.2. The van der Waals surface area contributed by atoms with Crippen LogP contribution in [-0.4, -0.2) is 16.2 Å². The molecule has 2 heterocycles. The molecule has 0 amide bonds. The highest BCUT2D eigenvalue weighted by molar-refractivity contribution is 5.43. The summed E-state index contributed by atoms with van der Waals surface area (Å²) in [7, 11) is 0. The van der Waals surface area contributed by atoms with Crippen molar-refractivity contribution in [2.45, 2.75) is 32.8 Å². The van der Waals surface area contributed by atoms with Crippen LogP contribution in [0.5, 0.6) is 5.75 Å². The maximum atomic E-state index is 10.2. The van der Waals surface area contributed by atoms with Gasteiger partial charge in [-0.05, 0) is 19.4 Å². The number of aromatic nitrogens is 1. The molecule has 1 aliphatic heterocycles. The van der Waals surface area contributed by atoms with Gasteiger partial charge in [0.05, 0.1) is 24.0 Å². The molecule has 1 N–H and O–H groups in total. The molecule has 1 aromatic heterocycles. The lowest BCUT2D eigenvalue weighted by Gasteiger charge is -2.17. The molecule has 0 radical (unpaired) electrons. The van der Waals surface area contributed by atoms with Gasteiger partial charge < -0.3 is 14.6 Å². The van der Waals surface area contributed by atoms with E-state index in [9.17, 15) is 5.11 Å². The predicted molar refractivity (Wildman–Crippen MR) is 86.3 cm³/mol. The van der Waals surface area contributed by atoms with Crippen LogP contribution >= 0.6 is 0 Å². The smallest absolute Gasteiger partial charge is 0.188 e. The lowest BCUT2D eigenvalue weighted by atomic mass is 10.1. The van der Waals surface area contributed by atoms with Gasteiger partial charge in [0.1, 0.15) is 5.75 Å². The average molecular weight is 299 g/mol. The second-order valence-corrected chi connectivity index (χ2v) is 5.08. The van der Waals surface area contributed by atoms with Crippen molar-refractivity contribution in [2.75, 3.05) is 0 Å². The topological polar surface area (TPSA) is 51.6 Å². The fourth-order valence-corrected chi connectivity index (χ4v) is 2.20. The largest absolute Gasteiger partial charge is 0.506 e. The number of fused-ring (bicyclic) bond motifs is 1. The summed E-state index contributed by atoms with van der Waals surface area (Å²) in [6, 6.07) is 0. The van der Waals surface area contributed by atoms with Crippen molar-refractivity contribution in [1.82, 2.24) is 4.98 Å². The minimum Gasteiger partial charge on any atom is -0.506 e. The van der Waals surface area contributed by atoms with Crippen LogP contribution < -0.4 is 0 Å². The third-order valence-corrected chi connectivity index (χ3v) is 3.43. The Morgan fingerprint density at radius 2 is 2.32 bits per heavy atom. The van der Waals surface area contributed by atoms with Gasteiger partial charge in [-0.2, -0.15) is 0 Å². The van der Waals surface area contributed by atoms with Crippen LogP contribution in [0.4, 0.5) is 0 Å². The highest BCUT2D eigenvalue weighted by atomic mass is 16.7. The molecule has 0 saturated heterocycles. The molecule has 2 unspecified atom stereocenters. The lowest BCUT2D eigenvalue weighted by Crippen LogP contribution is -2.11. The van der Waals surface area contributed by atoms with E-state index in [1.807, 2.05) is 25.2 Å². The van der Waals surface area contributed by atoms with Gasteiger partial charge in [-0.3, -0.25) is 4.98 Å². The standard InChI is InChI=1S/C18H21NO3/c1-5-7-14(6-2)9-8-12(3)22-18-16-15(11-21-18)10-19-13(4)17(16)20/h5-10,12,18,20H,1-2,11H2,3-4H3/b9-8+,14-7+. The maximum absolute atomic E-state index is 10.2. The molecule has 0 bridgehead atoms. The van der Waals surface area contributed by atoms with Crippen molar-refractivity contribution >= 4 is 0 Å². The number of hydrogen-bond acceptors (Lipinski definition) is 4. The molecule has 0 aliphatic carbocycles. The molecule has 1 aliphatic rings. The van der Waals surface area contributed by atoms with Crippen molar-refractivity contribution in [1.29, 1.82) is 0 Å². The Labute approximate surface area is 131 Å². The third-order valence-electron chi connectivity index (χ3n) is 3.43. The van der Waals surface area contributed by atoms with Crippen LogP contribution in [0.15, 0.2) is 55.3 Å². The first-order valence-corrected chi connectivity index (χ1v) is 7.14. The molecule has 0 fully saturated rings. The Hall–Kier alpha value is -2.17. The van der Waals surface area contributed by atoms with Crippen molar-refractivity contribution in [2.24, 2.45) is 0 Å². The van der Waals surface area contributed by atoms with E-state index < -0.39 is 6.29 Å². The summed E-state index contributed by atoms with van der Waals surface area (Å²) in [4.78, 5) is 4.13. The van der Waals surface area contributed by atoms with Crippen LogP contribution in [0, 0.1) is 6.92 Å². The van der Waals surface area contributed by atoms with Crippen molar-refractivity contribution in [3.63, 3.8) is 0 Å². The Morgan fingerprint density at radius 3 is 3.00 bits per heavy atom. The number of nitrogens with zero attached hydrogens (tertiary/aromatic N) is 1. The number of hydrogen-bond donors (Lipinski definition) is 1. The summed E-state index contributed by atoms with van der Waals surface area (Å²) < 4.78 is 11.5. The van der Waals surface area contributed by atoms with E-state index in [4.69, 9.17) is 9.47 Å². The minimum absolute atomic E-state index is 0.148. The fourth-order valence-electron chi connectivity index (χ4n) is 2.20. The summed E-state index contributed by atoms with van der Waals surface area (Å²) in [6.07, 6.45) is 10.1. The number of rotatable bonds is 6. The Bertz CT molecular complexity index is 631. The van der Waals surface area contributed by atoms with Crippen molar-refractivity contribution < 1.29 is 14.6 Å². The van der Waals surface area contributed by atoms with Gasteiger partial charge in [0, 0.05) is 11.8 Å². The van der Waals surface area contributed by atoms with E-state index in [-0.39, 0.29) is 11.9 Å². The zero-order chi connectivity index (χ0) is 16.1. The van der Waals surface area contributed by atoms with Crippen LogP contribution in [0.25, 0.3) is 0 Å². The molecule has 116 valence electrons. The van der Waals surface area contributed by atoms with E-state index in [0.29, 0.717) is 17.9 Å². The summed E-state index contributed by atoms with van der Waals surface area (Å²) in [5.74, 6) is 0.148. The van der Waals surface area contributed by atoms with E-state index in [1.165, 1.54) is 0 Å². The first-order valence-electron chi connectivity index (χ1n) is 7.14. The van der Waals surface area contributed by atoms with E-state index >= 15 is 0 Å².